The van der Waals surface area contributed by atoms with Crippen molar-refractivity contribution in [2.75, 3.05) is 34.5 Å². The highest BCUT2D eigenvalue weighted by Crippen LogP contribution is 2.38. The van der Waals surface area contributed by atoms with Crippen LogP contribution >= 0.6 is 0 Å². The van der Waals surface area contributed by atoms with Crippen LogP contribution in [-0.2, 0) is 14.3 Å². The van der Waals surface area contributed by atoms with Crippen LogP contribution in [0.4, 0.5) is 11.4 Å². The number of ether oxygens (including phenoxy) is 5. The number of methoxy groups -OCH3 is 3. The average Bonchev–Trinajstić information content (AvgIpc) is 2.96. The van der Waals surface area contributed by atoms with E-state index in [1.165, 1.54) is 59.4 Å². The number of carboxylic acids is 1. The topological polar surface area (TPSA) is 227 Å². The molecular weight excluding hydrogens is 576 g/mol. The molecule has 0 radical (unpaired) electrons. The molecule has 2 unspecified atom stereocenters. The minimum Gasteiger partial charge on any atom is -0.493 e. The SMILES string of the molecule is COC(=O)CCCOc1cc([N+](=O)[O-])c(C(C)O)cc1OC.COc1cc(C(C)O)c([N+](=O)[O-])cc1OCCCC(=O)O. The predicted molar refractivity (Wildman–Crippen MR) is 150 cm³/mol. The van der Waals surface area contributed by atoms with Crippen LogP contribution in [0, 0.1) is 20.2 Å². The van der Waals surface area contributed by atoms with E-state index in [1.807, 2.05) is 0 Å². The van der Waals surface area contributed by atoms with Crippen molar-refractivity contribution in [3.63, 3.8) is 0 Å². The Morgan fingerprint density at radius 1 is 0.744 bits per heavy atom. The molecule has 0 aliphatic heterocycles. The van der Waals surface area contributed by atoms with Crippen LogP contribution in [0.3, 0.4) is 0 Å². The monoisotopic (exact) mass is 612 g/mol. The number of rotatable bonds is 16. The van der Waals surface area contributed by atoms with E-state index >= 15 is 0 Å². The second-order valence-corrected chi connectivity index (χ2v) is 8.86. The summed E-state index contributed by atoms with van der Waals surface area (Å²) in [6.07, 6.45) is -1.24. The zero-order valence-corrected chi connectivity index (χ0v) is 24.4. The first-order chi connectivity index (χ1) is 20.3. The molecule has 16 nitrogen and oxygen atoms in total. The Labute approximate surface area is 247 Å². The van der Waals surface area contributed by atoms with Crippen LogP contribution in [0.5, 0.6) is 23.0 Å². The molecule has 43 heavy (non-hydrogen) atoms. The largest absolute Gasteiger partial charge is 0.493 e. The van der Waals surface area contributed by atoms with E-state index < -0.39 is 28.0 Å². The zero-order chi connectivity index (χ0) is 32.7. The summed E-state index contributed by atoms with van der Waals surface area (Å²) < 4.78 is 25.5. The van der Waals surface area contributed by atoms with Crippen molar-refractivity contribution >= 4 is 23.3 Å². The lowest BCUT2D eigenvalue weighted by Crippen LogP contribution is -2.06. The number of aliphatic hydroxyl groups excluding tert-OH is 2. The Morgan fingerprint density at radius 3 is 1.44 bits per heavy atom. The van der Waals surface area contributed by atoms with Crippen molar-refractivity contribution in [3.8, 4) is 23.0 Å². The van der Waals surface area contributed by atoms with Crippen molar-refractivity contribution in [2.45, 2.75) is 51.7 Å². The van der Waals surface area contributed by atoms with E-state index in [0.717, 1.165) is 0 Å². The molecule has 0 aliphatic carbocycles. The van der Waals surface area contributed by atoms with Gasteiger partial charge in [-0.1, -0.05) is 0 Å². The summed E-state index contributed by atoms with van der Waals surface area (Å²) in [5.41, 5.74) is -0.267. The molecule has 0 saturated heterocycles. The van der Waals surface area contributed by atoms with Gasteiger partial charge in [0.1, 0.15) is 0 Å². The molecule has 238 valence electrons. The smallest absolute Gasteiger partial charge is 0.305 e. The van der Waals surface area contributed by atoms with Crippen LogP contribution in [0.1, 0.15) is 62.9 Å². The molecule has 0 heterocycles. The molecule has 0 aliphatic rings. The van der Waals surface area contributed by atoms with Gasteiger partial charge < -0.3 is 39.0 Å². The van der Waals surface area contributed by atoms with Gasteiger partial charge in [-0.2, -0.15) is 0 Å². The van der Waals surface area contributed by atoms with Gasteiger partial charge >= 0.3 is 11.9 Å². The minimum atomic E-state index is -1.03. The fourth-order valence-electron chi connectivity index (χ4n) is 3.57. The van der Waals surface area contributed by atoms with Gasteiger partial charge in [-0.25, -0.2) is 0 Å². The highest BCUT2D eigenvalue weighted by atomic mass is 16.6. The second-order valence-electron chi connectivity index (χ2n) is 8.86. The number of hydrogen-bond donors (Lipinski definition) is 3. The van der Waals surface area contributed by atoms with Gasteiger partial charge in [0.25, 0.3) is 11.4 Å². The number of aliphatic hydroxyl groups is 2. The number of carboxylic acid groups (broad SMARTS) is 1. The third-order valence-electron chi connectivity index (χ3n) is 5.72. The molecule has 0 fully saturated rings. The number of nitro groups is 2. The number of aliphatic carboxylic acids is 1. The van der Waals surface area contributed by atoms with Crippen LogP contribution in [0.15, 0.2) is 24.3 Å². The van der Waals surface area contributed by atoms with Gasteiger partial charge in [0.2, 0.25) is 0 Å². The molecule has 0 spiro atoms. The van der Waals surface area contributed by atoms with E-state index in [0.29, 0.717) is 6.42 Å². The average molecular weight is 613 g/mol. The highest BCUT2D eigenvalue weighted by Gasteiger charge is 2.24. The first kappa shape index (κ1) is 36.3. The minimum absolute atomic E-state index is 0.0594. The first-order valence-electron chi connectivity index (χ1n) is 12.9. The predicted octanol–water partition coefficient (Wildman–Crippen LogP) is 3.89. The maximum Gasteiger partial charge on any atom is 0.305 e. The number of hydrogen-bond acceptors (Lipinski definition) is 13. The molecular formula is C27H36N2O14. The lowest BCUT2D eigenvalue weighted by Gasteiger charge is -2.13. The van der Waals surface area contributed by atoms with Crippen LogP contribution in [-0.4, -0.2) is 71.6 Å². The Kier molecular flexibility index (Phi) is 15.2. The van der Waals surface area contributed by atoms with Crippen molar-refractivity contribution in [3.05, 3.63) is 55.6 Å². The number of esters is 1. The highest BCUT2D eigenvalue weighted by molar-refractivity contribution is 5.69. The molecule has 2 rings (SSSR count). The number of carbonyl (C=O) groups is 2. The summed E-state index contributed by atoms with van der Waals surface area (Å²) in [5, 5.41) is 49.8. The Balaban J connectivity index is 0.000000430. The van der Waals surface area contributed by atoms with Crippen molar-refractivity contribution in [2.24, 2.45) is 0 Å². The molecule has 16 heteroatoms. The first-order valence-corrected chi connectivity index (χ1v) is 12.9. The summed E-state index contributed by atoms with van der Waals surface area (Å²) in [6.45, 7) is 3.11. The summed E-state index contributed by atoms with van der Waals surface area (Å²) in [7, 11) is 4.07. The number of carbonyl (C=O) groups excluding carboxylic acids is 1. The summed E-state index contributed by atoms with van der Waals surface area (Å²) >= 11 is 0. The van der Waals surface area contributed by atoms with E-state index in [9.17, 15) is 40.0 Å². The summed E-state index contributed by atoms with van der Waals surface area (Å²) in [5.74, 6) is -0.458. The maximum atomic E-state index is 11.1. The van der Waals surface area contributed by atoms with Gasteiger partial charge in [-0.15, -0.1) is 0 Å². The van der Waals surface area contributed by atoms with Gasteiger partial charge in [0, 0.05) is 12.8 Å². The number of nitrogens with zero attached hydrogens (tertiary/aromatic N) is 2. The number of benzene rings is 2. The van der Waals surface area contributed by atoms with Gasteiger partial charge in [0.15, 0.2) is 23.0 Å². The summed E-state index contributed by atoms with van der Waals surface area (Å²) in [4.78, 5) is 42.3. The lowest BCUT2D eigenvalue weighted by atomic mass is 10.1. The second kappa shape index (κ2) is 18.0. The van der Waals surface area contributed by atoms with Crippen molar-refractivity contribution < 1.29 is 58.4 Å². The summed E-state index contributed by atoms with van der Waals surface area (Å²) in [6, 6.07) is 5.09. The van der Waals surface area contributed by atoms with E-state index in [-0.39, 0.29) is 83.9 Å². The molecule has 0 saturated carbocycles. The van der Waals surface area contributed by atoms with Crippen molar-refractivity contribution in [1.82, 2.24) is 0 Å². The fourth-order valence-corrected chi connectivity index (χ4v) is 3.57. The third-order valence-corrected chi connectivity index (χ3v) is 5.72. The van der Waals surface area contributed by atoms with Crippen LogP contribution in [0.2, 0.25) is 0 Å². The lowest BCUT2D eigenvalue weighted by molar-refractivity contribution is -0.386. The van der Waals surface area contributed by atoms with Crippen molar-refractivity contribution in [1.29, 1.82) is 0 Å². The third kappa shape index (κ3) is 11.6. The number of nitro benzene ring substituents is 2. The molecule has 0 bridgehead atoms. The standard InChI is InChI=1S/C14H19NO7.C13H17NO7/c1-9(16)10-7-12(20-2)13(8-11(10)15(18)19)22-6-4-5-14(17)21-3;1-8(15)9-6-11(20-2)12(7-10(9)14(18)19)21-5-3-4-13(16)17/h7-9,16H,4-6H2,1-3H3;6-8,15H,3-5H2,1-2H3,(H,16,17). The quantitative estimate of drug-likeness (QED) is 0.106. The maximum absolute atomic E-state index is 11.1. The molecule has 0 aromatic heterocycles. The zero-order valence-electron chi connectivity index (χ0n) is 24.4. The van der Waals surface area contributed by atoms with E-state index in [2.05, 4.69) is 4.74 Å². The van der Waals surface area contributed by atoms with Gasteiger partial charge in [0.05, 0.1) is 79.9 Å². The van der Waals surface area contributed by atoms with Crippen LogP contribution in [0.25, 0.3) is 0 Å². The Hall–Kier alpha value is -4.70. The Morgan fingerprint density at radius 2 is 1.14 bits per heavy atom. The van der Waals surface area contributed by atoms with Gasteiger partial charge in [-0.3, -0.25) is 29.8 Å². The van der Waals surface area contributed by atoms with Gasteiger partial charge in [-0.05, 0) is 38.8 Å². The van der Waals surface area contributed by atoms with E-state index in [4.69, 9.17) is 24.1 Å². The molecule has 3 N–H and O–H groups in total. The van der Waals surface area contributed by atoms with Crippen LogP contribution < -0.4 is 18.9 Å². The normalized spacial score (nSPS) is 11.7. The molecule has 0 amide bonds. The Bertz CT molecular complexity index is 1260. The fraction of sp³-hybridized carbons (Fsp3) is 0.481. The molecule has 2 atom stereocenters. The molecule has 2 aromatic carbocycles. The molecule has 2 aromatic rings. The van der Waals surface area contributed by atoms with E-state index in [1.54, 1.807) is 0 Å².